The van der Waals surface area contributed by atoms with Gasteiger partial charge in [-0.05, 0) is 30.3 Å². The lowest BCUT2D eigenvalue weighted by molar-refractivity contribution is 0.262. The van der Waals surface area contributed by atoms with Crippen molar-refractivity contribution < 1.29 is 13.6 Å². The summed E-state index contributed by atoms with van der Waals surface area (Å²) in [6.07, 6.45) is 5.38. The Morgan fingerprint density at radius 1 is 1.04 bits per heavy atom. The van der Waals surface area contributed by atoms with Crippen molar-refractivity contribution in [3.8, 4) is 11.3 Å². The van der Waals surface area contributed by atoms with Crippen molar-refractivity contribution in [3.05, 3.63) is 78.8 Å². The van der Waals surface area contributed by atoms with Gasteiger partial charge in [-0.2, -0.15) is 0 Å². The first kappa shape index (κ1) is 16.6. The number of rotatable bonds is 3. The molecule has 2 aromatic carbocycles. The molecule has 0 fully saturated rings. The van der Waals surface area contributed by atoms with Crippen LogP contribution in [0.2, 0.25) is 0 Å². The minimum atomic E-state index is -0.846. The molecule has 0 unspecified atom stereocenters. The zero-order valence-corrected chi connectivity index (χ0v) is 13.9. The zero-order valence-electron chi connectivity index (χ0n) is 13.9. The maximum absolute atomic E-state index is 13.6. The van der Waals surface area contributed by atoms with Gasteiger partial charge in [-0.15, -0.1) is 0 Å². The number of benzene rings is 2. The smallest absolute Gasteiger partial charge is 0.308 e. The molecule has 6 nitrogen and oxygen atoms in total. The molecule has 27 heavy (non-hydrogen) atoms. The molecule has 2 heterocycles. The quantitative estimate of drug-likeness (QED) is 0.568. The number of nitrogens with zero attached hydrogens (tertiary/aromatic N) is 3. The van der Waals surface area contributed by atoms with E-state index in [1.54, 1.807) is 30.5 Å². The monoisotopic (exact) mass is 365 g/mol. The first-order valence-corrected chi connectivity index (χ1v) is 8.02. The molecular weight excluding hydrogens is 352 g/mol. The van der Waals surface area contributed by atoms with Crippen molar-refractivity contribution in [1.82, 2.24) is 14.4 Å². The number of nitrogens with one attached hydrogen (secondary N) is 2. The third kappa shape index (κ3) is 3.59. The molecule has 0 bridgehead atoms. The molecular formula is C19H13F2N5O. The van der Waals surface area contributed by atoms with Crippen LogP contribution in [0.4, 0.5) is 25.0 Å². The SMILES string of the molecule is O=C(Nc1ccc(-c2cn3cccnc3n2)cc1)Nc1ccc(F)cc1F. The zero-order chi connectivity index (χ0) is 18.8. The van der Waals surface area contributed by atoms with E-state index >= 15 is 0 Å². The lowest BCUT2D eigenvalue weighted by atomic mass is 10.1. The van der Waals surface area contributed by atoms with Gasteiger partial charge in [0.2, 0.25) is 5.78 Å². The predicted molar refractivity (Wildman–Crippen MR) is 97.4 cm³/mol. The number of hydrogen-bond donors (Lipinski definition) is 2. The Labute approximate surface area is 152 Å². The fourth-order valence-electron chi connectivity index (χ4n) is 2.57. The van der Waals surface area contributed by atoms with Gasteiger partial charge in [0.1, 0.15) is 11.6 Å². The summed E-state index contributed by atoms with van der Waals surface area (Å²) in [5.74, 6) is -0.965. The third-order valence-electron chi connectivity index (χ3n) is 3.85. The summed E-state index contributed by atoms with van der Waals surface area (Å²) in [6.45, 7) is 0. The summed E-state index contributed by atoms with van der Waals surface area (Å²) >= 11 is 0. The average Bonchev–Trinajstić information content (AvgIpc) is 3.09. The Hall–Kier alpha value is -3.81. The molecule has 4 aromatic rings. The molecule has 0 aliphatic rings. The number of urea groups is 1. The second-order valence-electron chi connectivity index (χ2n) is 5.73. The molecule has 2 amide bonds. The largest absolute Gasteiger partial charge is 0.323 e. The van der Waals surface area contributed by atoms with Crippen molar-refractivity contribution in [2.75, 3.05) is 10.6 Å². The summed E-state index contributed by atoms with van der Waals surface area (Å²) in [5, 5.41) is 4.92. The molecule has 2 aromatic heterocycles. The Balaban J connectivity index is 1.46. The first-order valence-electron chi connectivity index (χ1n) is 8.02. The number of amides is 2. The molecule has 134 valence electrons. The number of hydrogen-bond acceptors (Lipinski definition) is 3. The first-order chi connectivity index (χ1) is 13.1. The van der Waals surface area contributed by atoms with Gasteiger partial charge in [-0.25, -0.2) is 23.5 Å². The topological polar surface area (TPSA) is 71.3 Å². The lowest BCUT2D eigenvalue weighted by Gasteiger charge is -2.09. The van der Waals surface area contributed by atoms with E-state index in [4.69, 9.17) is 0 Å². The van der Waals surface area contributed by atoms with Crippen LogP contribution in [0.5, 0.6) is 0 Å². The second kappa shape index (κ2) is 6.83. The highest BCUT2D eigenvalue weighted by Gasteiger charge is 2.09. The highest BCUT2D eigenvalue weighted by atomic mass is 19.1. The molecule has 2 N–H and O–H groups in total. The van der Waals surface area contributed by atoms with E-state index in [0.29, 0.717) is 17.5 Å². The molecule has 0 atom stereocenters. The number of imidazole rings is 1. The van der Waals surface area contributed by atoms with Crippen LogP contribution in [-0.4, -0.2) is 20.4 Å². The molecule has 0 aliphatic heterocycles. The van der Waals surface area contributed by atoms with E-state index in [9.17, 15) is 13.6 Å². The van der Waals surface area contributed by atoms with E-state index in [0.717, 1.165) is 23.4 Å². The molecule has 0 aliphatic carbocycles. The van der Waals surface area contributed by atoms with E-state index in [1.807, 2.05) is 22.9 Å². The number of carbonyl (C=O) groups excluding carboxylic acids is 1. The maximum Gasteiger partial charge on any atom is 0.323 e. The third-order valence-corrected chi connectivity index (χ3v) is 3.85. The van der Waals surface area contributed by atoms with Gasteiger partial charge in [0.05, 0.1) is 11.4 Å². The summed E-state index contributed by atoms with van der Waals surface area (Å²) in [5.41, 5.74) is 2.01. The fraction of sp³-hybridized carbons (Fsp3) is 0. The van der Waals surface area contributed by atoms with E-state index in [-0.39, 0.29) is 5.69 Å². The van der Waals surface area contributed by atoms with Gasteiger partial charge in [-0.3, -0.25) is 4.40 Å². The minimum Gasteiger partial charge on any atom is -0.308 e. The standard InChI is InChI=1S/C19H13F2N5O/c20-13-4-7-16(15(21)10-13)25-19(27)23-14-5-2-12(3-6-14)17-11-26-9-1-8-22-18(26)24-17/h1-11H,(H2,23,25,27). The van der Waals surface area contributed by atoms with Crippen LogP contribution >= 0.6 is 0 Å². The Morgan fingerprint density at radius 2 is 1.85 bits per heavy atom. The number of anilines is 2. The Kier molecular flexibility index (Phi) is 4.21. The highest BCUT2D eigenvalue weighted by molar-refractivity contribution is 5.99. The number of carbonyl (C=O) groups is 1. The van der Waals surface area contributed by atoms with Crippen LogP contribution in [0.25, 0.3) is 17.0 Å². The molecule has 0 spiro atoms. The number of fused-ring (bicyclic) bond motifs is 1. The second-order valence-corrected chi connectivity index (χ2v) is 5.73. The Bertz CT molecular complexity index is 1090. The number of halogens is 2. The van der Waals surface area contributed by atoms with Gasteiger partial charge in [-0.1, -0.05) is 12.1 Å². The van der Waals surface area contributed by atoms with Crippen molar-refractivity contribution in [2.24, 2.45) is 0 Å². The van der Waals surface area contributed by atoms with Gasteiger partial charge in [0.15, 0.2) is 0 Å². The van der Waals surface area contributed by atoms with Crippen molar-refractivity contribution in [3.63, 3.8) is 0 Å². The average molecular weight is 365 g/mol. The molecule has 0 saturated heterocycles. The molecule has 0 radical (unpaired) electrons. The minimum absolute atomic E-state index is 0.109. The fourth-order valence-corrected chi connectivity index (χ4v) is 2.57. The van der Waals surface area contributed by atoms with Crippen molar-refractivity contribution >= 4 is 23.2 Å². The summed E-state index contributed by atoms with van der Waals surface area (Å²) in [7, 11) is 0. The Morgan fingerprint density at radius 3 is 2.59 bits per heavy atom. The van der Waals surface area contributed by atoms with Gasteiger partial charge >= 0.3 is 6.03 Å². The highest BCUT2D eigenvalue weighted by Crippen LogP contribution is 2.21. The summed E-state index contributed by atoms with van der Waals surface area (Å²) in [6, 6.07) is 11.1. The summed E-state index contributed by atoms with van der Waals surface area (Å²) < 4.78 is 28.3. The van der Waals surface area contributed by atoms with E-state index in [1.165, 1.54) is 0 Å². The van der Waals surface area contributed by atoms with E-state index < -0.39 is 17.7 Å². The van der Waals surface area contributed by atoms with Crippen LogP contribution in [0.1, 0.15) is 0 Å². The van der Waals surface area contributed by atoms with Gasteiger partial charge in [0.25, 0.3) is 0 Å². The maximum atomic E-state index is 13.6. The van der Waals surface area contributed by atoms with Crippen molar-refractivity contribution in [2.45, 2.75) is 0 Å². The summed E-state index contributed by atoms with van der Waals surface area (Å²) in [4.78, 5) is 20.6. The van der Waals surface area contributed by atoms with Crippen LogP contribution < -0.4 is 10.6 Å². The van der Waals surface area contributed by atoms with Crippen LogP contribution in [-0.2, 0) is 0 Å². The normalized spacial score (nSPS) is 10.7. The van der Waals surface area contributed by atoms with Crippen LogP contribution in [0.3, 0.4) is 0 Å². The van der Waals surface area contributed by atoms with Gasteiger partial charge < -0.3 is 10.6 Å². The van der Waals surface area contributed by atoms with Crippen molar-refractivity contribution in [1.29, 1.82) is 0 Å². The predicted octanol–water partition coefficient (Wildman–Crippen LogP) is 4.32. The lowest BCUT2D eigenvalue weighted by Crippen LogP contribution is -2.20. The van der Waals surface area contributed by atoms with Crippen LogP contribution in [0.15, 0.2) is 67.1 Å². The van der Waals surface area contributed by atoms with Gasteiger partial charge in [0, 0.05) is 35.9 Å². The van der Waals surface area contributed by atoms with Crippen LogP contribution in [0, 0.1) is 11.6 Å². The molecule has 8 heteroatoms. The molecule has 0 saturated carbocycles. The van der Waals surface area contributed by atoms with E-state index in [2.05, 4.69) is 20.6 Å². The number of aromatic nitrogens is 3. The molecule has 4 rings (SSSR count).